The quantitative estimate of drug-likeness (QED) is 0.934. The molecule has 0 atom stereocenters. The van der Waals surface area contributed by atoms with Crippen molar-refractivity contribution < 1.29 is 9.53 Å². The van der Waals surface area contributed by atoms with Crippen molar-refractivity contribution in [3.63, 3.8) is 0 Å². The van der Waals surface area contributed by atoms with Crippen LogP contribution in [0.3, 0.4) is 0 Å². The van der Waals surface area contributed by atoms with E-state index in [4.69, 9.17) is 4.74 Å². The van der Waals surface area contributed by atoms with Crippen molar-refractivity contribution in [1.82, 2.24) is 10.3 Å². The molecule has 2 rings (SSSR count). The third kappa shape index (κ3) is 4.35. The van der Waals surface area contributed by atoms with E-state index in [2.05, 4.69) is 10.3 Å². The van der Waals surface area contributed by atoms with Gasteiger partial charge in [0.05, 0.1) is 15.7 Å². The Hall–Kier alpha value is -1.88. The maximum Gasteiger partial charge on any atom is 0.407 e. The lowest BCUT2D eigenvalue weighted by Crippen LogP contribution is -2.32. The lowest BCUT2D eigenvalue weighted by atomic mass is 10.2. The molecule has 1 heterocycles. The molecule has 106 valence electrons. The predicted octanol–water partition coefficient (Wildman–Crippen LogP) is 3.83. The number of hydrogen-bond donors (Lipinski definition) is 1. The molecular weight excluding hydrogens is 272 g/mol. The number of amides is 1. The number of nitrogens with one attached hydrogen (secondary N) is 1. The molecule has 1 aromatic heterocycles. The minimum absolute atomic E-state index is 0.405. The fraction of sp³-hybridized carbons (Fsp3) is 0.333. The molecule has 0 saturated heterocycles. The minimum atomic E-state index is -0.469. The number of ether oxygens (including phenoxy) is 1. The third-order valence-electron chi connectivity index (χ3n) is 2.43. The van der Waals surface area contributed by atoms with Crippen LogP contribution < -0.4 is 5.32 Å². The second-order valence-electron chi connectivity index (χ2n) is 5.36. The molecule has 4 nitrogen and oxygen atoms in total. The molecule has 2 aromatic rings. The van der Waals surface area contributed by atoms with E-state index in [1.165, 1.54) is 4.70 Å². The number of nitrogens with zero attached hydrogens (tertiary/aromatic N) is 1. The largest absolute Gasteiger partial charge is 0.444 e. The van der Waals surface area contributed by atoms with Crippen LogP contribution in [-0.2, 0) is 4.74 Å². The van der Waals surface area contributed by atoms with E-state index in [-0.39, 0.29) is 0 Å². The molecule has 0 spiro atoms. The van der Waals surface area contributed by atoms with Crippen molar-refractivity contribution in [3.8, 4) is 0 Å². The molecule has 1 amide bonds. The average molecular weight is 290 g/mol. The molecule has 0 aliphatic heterocycles. The summed E-state index contributed by atoms with van der Waals surface area (Å²) in [5.74, 6) is 0. The minimum Gasteiger partial charge on any atom is -0.444 e. The highest BCUT2D eigenvalue weighted by Gasteiger charge is 2.14. The van der Waals surface area contributed by atoms with Gasteiger partial charge in [-0.05, 0) is 38.5 Å². The van der Waals surface area contributed by atoms with Crippen LogP contribution in [0.25, 0.3) is 16.3 Å². The normalized spacial score (nSPS) is 11.9. The van der Waals surface area contributed by atoms with E-state index >= 15 is 0 Å². The van der Waals surface area contributed by atoms with Gasteiger partial charge in [0.25, 0.3) is 0 Å². The van der Waals surface area contributed by atoms with E-state index in [1.54, 1.807) is 11.3 Å². The molecule has 1 N–H and O–H groups in total. The predicted molar refractivity (Wildman–Crippen MR) is 82.9 cm³/mol. The van der Waals surface area contributed by atoms with Gasteiger partial charge in [0.2, 0.25) is 0 Å². The van der Waals surface area contributed by atoms with Gasteiger partial charge in [-0.1, -0.05) is 18.2 Å². The number of thiazole rings is 1. The van der Waals surface area contributed by atoms with Crippen LogP contribution in [-0.4, -0.2) is 23.2 Å². The summed E-state index contributed by atoms with van der Waals surface area (Å²) in [6.07, 6.45) is 3.44. The molecule has 0 unspecified atom stereocenters. The van der Waals surface area contributed by atoms with Crippen molar-refractivity contribution in [2.45, 2.75) is 26.4 Å². The smallest absolute Gasteiger partial charge is 0.407 e. The highest BCUT2D eigenvalue weighted by atomic mass is 32.1. The van der Waals surface area contributed by atoms with Gasteiger partial charge >= 0.3 is 6.09 Å². The molecule has 5 heteroatoms. The SMILES string of the molecule is CC(C)(C)OC(=O)NCC=Cc1ccc2scnc2c1. The molecule has 20 heavy (non-hydrogen) atoms. The van der Waals surface area contributed by atoms with E-state index in [1.807, 2.05) is 56.6 Å². The van der Waals surface area contributed by atoms with E-state index in [0.717, 1.165) is 11.1 Å². The summed E-state index contributed by atoms with van der Waals surface area (Å²) in [5, 5.41) is 2.68. The molecule has 1 aromatic carbocycles. The Balaban J connectivity index is 1.85. The molecule has 0 aliphatic carbocycles. The van der Waals surface area contributed by atoms with Gasteiger partial charge in [0, 0.05) is 6.54 Å². The number of rotatable bonds is 3. The number of carbonyl (C=O) groups is 1. The van der Waals surface area contributed by atoms with Gasteiger partial charge in [0.1, 0.15) is 5.60 Å². The number of fused-ring (bicyclic) bond motifs is 1. The zero-order chi connectivity index (χ0) is 14.6. The van der Waals surface area contributed by atoms with Crippen LogP contribution in [0.1, 0.15) is 26.3 Å². The molecule has 0 radical (unpaired) electrons. The first-order valence-electron chi connectivity index (χ1n) is 6.41. The van der Waals surface area contributed by atoms with E-state index < -0.39 is 11.7 Å². The first-order chi connectivity index (χ1) is 9.44. The lowest BCUT2D eigenvalue weighted by Gasteiger charge is -2.19. The Kier molecular flexibility index (Phi) is 4.39. The molecule has 0 saturated carbocycles. The van der Waals surface area contributed by atoms with Gasteiger partial charge < -0.3 is 10.1 Å². The van der Waals surface area contributed by atoms with Crippen molar-refractivity contribution in [2.24, 2.45) is 0 Å². The topological polar surface area (TPSA) is 51.2 Å². The zero-order valence-corrected chi connectivity index (χ0v) is 12.7. The fourth-order valence-electron chi connectivity index (χ4n) is 1.63. The zero-order valence-electron chi connectivity index (χ0n) is 11.8. The summed E-state index contributed by atoms with van der Waals surface area (Å²) in [6, 6.07) is 6.11. The maximum atomic E-state index is 11.4. The van der Waals surface area contributed by atoms with Gasteiger partial charge in [-0.25, -0.2) is 9.78 Å². The van der Waals surface area contributed by atoms with Crippen LogP contribution in [0.15, 0.2) is 29.8 Å². The van der Waals surface area contributed by atoms with Crippen molar-refractivity contribution in [3.05, 3.63) is 35.3 Å². The van der Waals surface area contributed by atoms with Gasteiger partial charge in [-0.2, -0.15) is 0 Å². The average Bonchev–Trinajstić information content (AvgIpc) is 2.79. The standard InChI is InChI=1S/C15H18N2O2S/c1-15(2,3)19-14(18)16-8-4-5-11-6-7-13-12(9-11)17-10-20-13/h4-7,9-10H,8H2,1-3H3,(H,16,18). The van der Waals surface area contributed by atoms with E-state index in [0.29, 0.717) is 6.54 Å². The van der Waals surface area contributed by atoms with Crippen LogP contribution >= 0.6 is 11.3 Å². The summed E-state index contributed by atoms with van der Waals surface area (Å²) < 4.78 is 6.32. The number of hydrogen-bond acceptors (Lipinski definition) is 4. The maximum absolute atomic E-state index is 11.4. The Labute approximate surface area is 122 Å². The lowest BCUT2D eigenvalue weighted by molar-refractivity contribution is 0.0534. The van der Waals surface area contributed by atoms with Gasteiger partial charge in [0.15, 0.2) is 0 Å². The summed E-state index contributed by atoms with van der Waals surface area (Å²) >= 11 is 1.62. The Bertz CT molecular complexity index is 626. The van der Waals surface area contributed by atoms with Crippen molar-refractivity contribution in [2.75, 3.05) is 6.54 Å². The second-order valence-corrected chi connectivity index (χ2v) is 6.25. The van der Waals surface area contributed by atoms with Crippen LogP contribution in [0.2, 0.25) is 0 Å². The number of aromatic nitrogens is 1. The van der Waals surface area contributed by atoms with Gasteiger partial charge in [-0.15, -0.1) is 11.3 Å². The Morgan fingerprint density at radius 1 is 1.45 bits per heavy atom. The number of alkyl carbamates (subject to hydrolysis) is 1. The monoisotopic (exact) mass is 290 g/mol. The fourth-order valence-corrected chi connectivity index (χ4v) is 2.29. The van der Waals surface area contributed by atoms with E-state index in [9.17, 15) is 4.79 Å². The Morgan fingerprint density at radius 2 is 2.25 bits per heavy atom. The van der Waals surface area contributed by atoms with Crippen molar-refractivity contribution in [1.29, 1.82) is 0 Å². The third-order valence-corrected chi connectivity index (χ3v) is 3.24. The van der Waals surface area contributed by atoms with Crippen LogP contribution in [0.5, 0.6) is 0 Å². The Morgan fingerprint density at radius 3 is 3.00 bits per heavy atom. The molecule has 0 aliphatic rings. The first-order valence-corrected chi connectivity index (χ1v) is 7.29. The highest BCUT2D eigenvalue weighted by Crippen LogP contribution is 2.19. The van der Waals surface area contributed by atoms with Crippen LogP contribution in [0, 0.1) is 0 Å². The second kappa shape index (κ2) is 6.05. The summed E-state index contributed by atoms with van der Waals surface area (Å²) in [6.45, 7) is 5.95. The summed E-state index contributed by atoms with van der Waals surface area (Å²) in [7, 11) is 0. The number of benzene rings is 1. The first kappa shape index (κ1) is 14.5. The molecular formula is C15H18N2O2S. The van der Waals surface area contributed by atoms with Crippen molar-refractivity contribution >= 4 is 33.7 Å². The summed E-state index contributed by atoms with van der Waals surface area (Å²) in [5.41, 5.74) is 3.43. The molecule has 0 fully saturated rings. The highest BCUT2D eigenvalue weighted by molar-refractivity contribution is 7.16. The van der Waals surface area contributed by atoms with Crippen LogP contribution in [0.4, 0.5) is 4.79 Å². The van der Waals surface area contributed by atoms with Gasteiger partial charge in [-0.3, -0.25) is 0 Å². The number of carbonyl (C=O) groups excluding carboxylic acids is 1. The summed E-state index contributed by atoms with van der Waals surface area (Å²) in [4.78, 5) is 15.7. The molecule has 0 bridgehead atoms.